The molecule has 33 heavy (non-hydrogen) atoms. The Kier molecular flexibility index (Phi) is 5.25. The third kappa shape index (κ3) is 4.18. The number of carbonyl (C=O) groups excluding carboxylic acids is 1. The molecule has 1 saturated carbocycles. The average molecular weight is 500 g/mol. The van der Waals surface area contributed by atoms with Crippen LogP contribution in [0.2, 0.25) is 0 Å². The summed E-state index contributed by atoms with van der Waals surface area (Å²) in [6.07, 6.45) is -8.20. The van der Waals surface area contributed by atoms with Crippen LogP contribution in [-0.2, 0) is 19.1 Å². The molecular weight excluding hydrogens is 488 g/mol. The molecular formula is C17H12F8N6OS. The molecule has 3 aromatic rings. The zero-order valence-electron chi connectivity index (χ0n) is 16.3. The second-order valence-corrected chi connectivity index (χ2v) is 8.04. The van der Waals surface area contributed by atoms with E-state index in [1.54, 1.807) is 0 Å². The van der Waals surface area contributed by atoms with Gasteiger partial charge in [0.1, 0.15) is 10.4 Å². The summed E-state index contributed by atoms with van der Waals surface area (Å²) in [5.41, 5.74) is -4.49. The van der Waals surface area contributed by atoms with Crippen molar-refractivity contribution < 1.29 is 39.9 Å². The van der Waals surface area contributed by atoms with Crippen LogP contribution in [-0.4, -0.2) is 42.1 Å². The molecule has 0 unspecified atom stereocenters. The van der Waals surface area contributed by atoms with Crippen LogP contribution >= 0.6 is 11.5 Å². The van der Waals surface area contributed by atoms with Crippen molar-refractivity contribution in [1.82, 2.24) is 29.3 Å². The number of hydrogen-bond donors (Lipinski definition) is 1. The van der Waals surface area contributed by atoms with Gasteiger partial charge in [0.25, 0.3) is 5.91 Å². The molecule has 0 aromatic carbocycles. The molecule has 0 bridgehead atoms. The highest BCUT2D eigenvalue weighted by atomic mass is 32.1. The van der Waals surface area contributed by atoms with Gasteiger partial charge in [0.15, 0.2) is 11.5 Å². The fourth-order valence-corrected chi connectivity index (χ4v) is 3.63. The normalized spacial score (nSPS) is 15.2. The van der Waals surface area contributed by atoms with Crippen molar-refractivity contribution in [2.75, 3.05) is 0 Å². The van der Waals surface area contributed by atoms with Gasteiger partial charge >= 0.3 is 18.3 Å². The maximum absolute atomic E-state index is 13.8. The summed E-state index contributed by atoms with van der Waals surface area (Å²) in [5, 5.41) is 9.23. The van der Waals surface area contributed by atoms with Crippen molar-refractivity contribution in [1.29, 1.82) is 0 Å². The Labute approximate surface area is 183 Å². The highest BCUT2D eigenvalue weighted by Crippen LogP contribution is 2.49. The lowest BCUT2D eigenvalue weighted by atomic mass is 10.1. The van der Waals surface area contributed by atoms with Gasteiger partial charge in [0.05, 0.1) is 11.9 Å². The van der Waals surface area contributed by atoms with Gasteiger partial charge in [-0.15, -0.1) is 0 Å². The van der Waals surface area contributed by atoms with Crippen LogP contribution in [0.15, 0.2) is 18.5 Å². The van der Waals surface area contributed by atoms with E-state index in [1.165, 1.54) is 6.07 Å². The molecule has 178 valence electrons. The van der Waals surface area contributed by atoms with Gasteiger partial charge in [-0.05, 0) is 30.4 Å². The van der Waals surface area contributed by atoms with E-state index in [0.29, 0.717) is 4.68 Å². The van der Waals surface area contributed by atoms with Crippen molar-refractivity contribution in [2.24, 2.45) is 7.05 Å². The van der Waals surface area contributed by atoms with Gasteiger partial charge in [-0.25, -0.2) is 9.36 Å². The lowest BCUT2D eigenvalue weighted by molar-refractivity contribution is -0.292. The summed E-state index contributed by atoms with van der Waals surface area (Å²) in [5.74, 6) is -7.38. The Hall–Kier alpha value is -3.04. The van der Waals surface area contributed by atoms with Crippen LogP contribution in [0.25, 0.3) is 17.1 Å². The topological polar surface area (TPSA) is 77.6 Å². The molecule has 16 heteroatoms. The Bertz CT molecular complexity index is 1200. The van der Waals surface area contributed by atoms with E-state index in [0.717, 1.165) is 43.8 Å². The maximum Gasteiger partial charge on any atom is 0.459 e. The number of amides is 1. The number of aryl methyl sites for hydroxylation is 1. The minimum absolute atomic E-state index is 0.0838. The highest BCUT2D eigenvalue weighted by Gasteiger charge is 2.64. The minimum Gasteiger partial charge on any atom is -0.349 e. The number of carbonyl (C=O) groups is 1. The van der Waals surface area contributed by atoms with Crippen molar-refractivity contribution in [2.45, 2.75) is 37.2 Å². The van der Waals surface area contributed by atoms with E-state index in [-0.39, 0.29) is 32.8 Å². The molecule has 3 aromatic heterocycles. The number of alkyl halides is 8. The molecule has 1 fully saturated rings. The van der Waals surface area contributed by atoms with Crippen molar-refractivity contribution in [3.63, 3.8) is 0 Å². The van der Waals surface area contributed by atoms with Gasteiger partial charge in [-0.3, -0.25) is 4.79 Å². The zero-order valence-corrected chi connectivity index (χ0v) is 17.1. The van der Waals surface area contributed by atoms with E-state index >= 15 is 0 Å². The molecule has 1 aliphatic carbocycles. The standard InChI is InChI=1S/C17H12F8N6OS/c1-30-14(11(16(20,21)22)12(28-30)15(18,19)17(23,24)25)31-6-7(5-26-31)9-4-10(33-29-9)13(32)27-8-2-3-8/h4-6,8H,2-3H2,1H3,(H,27,32). The third-order valence-corrected chi connectivity index (χ3v) is 5.48. The number of nitrogens with one attached hydrogen (secondary N) is 1. The van der Waals surface area contributed by atoms with Crippen molar-refractivity contribution >= 4 is 17.4 Å². The van der Waals surface area contributed by atoms with Gasteiger partial charge in [0.2, 0.25) is 0 Å². The first kappa shape index (κ1) is 23.1. The molecule has 0 atom stereocenters. The number of halogens is 8. The first-order valence-corrected chi connectivity index (χ1v) is 9.89. The second kappa shape index (κ2) is 7.50. The monoisotopic (exact) mass is 500 g/mol. The van der Waals surface area contributed by atoms with Crippen LogP contribution in [0.5, 0.6) is 0 Å². The van der Waals surface area contributed by atoms with Crippen LogP contribution < -0.4 is 5.32 Å². The first-order chi connectivity index (χ1) is 15.2. The average Bonchev–Trinajstić information content (AvgIpc) is 3.10. The number of hydrogen-bond acceptors (Lipinski definition) is 5. The molecule has 0 saturated heterocycles. The highest BCUT2D eigenvalue weighted by molar-refractivity contribution is 7.08. The van der Waals surface area contributed by atoms with Gasteiger partial charge in [-0.1, -0.05) is 0 Å². The van der Waals surface area contributed by atoms with Crippen LogP contribution in [0.3, 0.4) is 0 Å². The largest absolute Gasteiger partial charge is 0.459 e. The van der Waals surface area contributed by atoms with Crippen molar-refractivity contribution in [3.8, 4) is 17.1 Å². The fourth-order valence-electron chi connectivity index (χ4n) is 2.97. The Morgan fingerprint density at radius 1 is 1.15 bits per heavy atom. The van der Waals surface area contributed by atoms with Crippen LogP contribution in [0.4, 0.5) is 35.1 Å². The Morgan fingerprint density at radius 3 is 2.39 bits per heavy atom. The number of rotatable bonds is 5. The predicted molar refractivity (Wildman–Crippen MR) is 96.9 cm³/mol. The molecule has 0 aliphatic heterocycles. The molecule has 3 heterocycles. The summed E-state index contributed by atoms with van der Waals surface area (Å²) < 4.78 is 112. The van der Waals surface area contributed by atoms with E-state index < -0.39 is 35.4 Å². The van der Waals surface area contributed by atoms with Gasteiger partial charge < -0.3 is 5.32 Å². The fraction of sp³-hybridized carbons (Fsp3) is 0.412. The summed E-state index contributed by atoms with van der Waals surface area (Å²) in [7, 11) is 0.783. The van der Waals surface area contributed by atoms with Gasteiger partial charge in [-0.2, -0.15) is 49.7 Å². The smallest absolute Gasteiger partial charge is 0.349 e. The summed E-state index contributed by atoms with van der Waals surface area (Å²) in [6, 6.07) is 1.45. The molecule has 7 nitrogen and oxygen atoms in total. The number of nitrogens with zero attached hydrogens (tertiary/aromatic N) is 5. The first-order valence-electron chi connectivity index (χ1n) is 9.12. The van der Waals surface area contributed by atoms with E-state index in [1.807, 2.05) is 0 Å². The third-order valence-electron chi connectivity index (χ3n) is 4.70. The molecule has 1 N–H and O–H groups in total. The SMILES string of the molecule is Cn1nc(C(F)(F)C(F)(F)F)c(C(F)(F)F)c1-n1cc(-c2cc(C(=O)NC3CC3)sn2)cn1. The van der Waals surface area contributed by atoms with Crippen LogP contribution in [0, 0.1) is 0 Å². The van der Waals surface area contributed by atoms with Crippen LogP contribution in [0.1, 0.15) is 33.8 Å². The molecule has 0 spiro atoms. The molecule has 4 rings (SSSR count). The summed E-state index contributed by atoms with van der Waals surface area (Å²) >= 11 is 0.827. The van der Waals surface area contributed by atoms with Crippen molar-refractivity contribution in [3.05, 3.63) is 34.6 Å². The maximum atomic E-state index is 13.8. The van der Waals surface area contributed by atoms with E-state index in [4.69, 9.17) is 0 Å². The zero-order chi connectivity index (χ0) is 24.3. The summed E-state index contributed by atoms with van der Waals surface area (Å²) in [4.78, 5) is 12.3. The number of aromatic nitrogens is 5. The second-order valence-electron chi connectivity index (χ2n) is 7.24. The van der Waals surface area contributed by atoms with E-state index in [2.05, 4.69) is 19.9 Å². The lowest BCUT2D eigenvalue weighted by Crippen LogP contribution is -2.36. The molecule has 1 aliphatic rings. The summed E-state index contributed by atoms with van der Waals surface area (Å²) in [6.45, 7) is 0. The predicted octanol–water partition coefficient (Wildman–Crippen LogP) is 4.29. The van der Waals surface area contributed by atoms with E-state index in [9.17, 15) is 39.9 Å². The van der Waals surface area contributed by atoms with Gasteiger partial charge in [0, 0.05) is 24.8 Å². The Morgan fingerprint density at radius 2 is 1.82 bits per heavy atom. The quantitative estimate of drug-likeness (QED) is 0.531. The Balaban J connectivity index is 1.74. The molecule has 0 radical (unpaired) electrons. The molecule has 1 amide bonds. The minimum atomic E-state index is -6.30. The lowest BCUT2D eigenvalue weighted by Gasteiger charge is -2.19.